The molecule has 3 fully saturated rings. The molecule has 0 spiro atoms. The van der Waals surface area contributed by atoms with Gasteiger partial charge in [0.05, 0.1) is 6.54 Å². The maximum absolute atomic E-state index is 14.1. The summed E-state index contributed by atoms with van der Waals surface area (Å²) < 4.78 is 6.95. The zero-order valence-corrected chi connectivity index (χ0v) is 25.9. The average molecular weight is 650 g/mol. The third-order valence-electron chi connectivity index (χ3n) is 8.46. The van der Waals surface area contributed by atoms with Crippen molar-refractivity contribution in [3.05, 3.63) is 28.7 Å². The van der Waals surface area contributed by atoms with Gasteiger partial charge in [0.25, 0.3) is 0 Å². The summed E-state index contributed by atoms with van der Waals surface area (Å²) in [5.74, 6) is -2.64. The zero-order chi connectivity index (χ0) is 30.6. The van der Waals surface area contributed by atoms with Crippen LogP contribution < -0.4 is 20.7 Å². The van der Waals surface area contributed by atoms with Gasteiger partial charge in [-0.3, -0.25) is 19.2 Å². The molecular weight excluding hydrogens is 608 g/mol. The van der Waals surface area contributed by atoms with Crippen molar-refractivity contribution >= 4 is 45.5 Å². The van der Waals surface area contributed by atoms with Crippen LogP contribution in [-0.4, -0.2) is 75.9 Å². The number of hydrogen-bond donors (Lipinski definition) is 4. The first kappa shape index (κ1) is 31.8. The SMILES string of the molecule is CC(=O)N[C@H](C(=O)N[C@H](C(=O)N1C[C@H](Oc2cccc(Br)c2)C[C@H]1C(=O)NC1(C(=O)O)CC1)C(C)C)C1CCCCC1. The Hall–Kier alpha value is -3.15. The van der Waals surface area contributed by atoms with Crippen molar-refractivity contribution < 1.29 is 33.8 Å². The van der Waals surface area contributed by atoms with Crippen LogP contribution >= 0.6 is 15.9 Å². The molecular formula is C30H41BrN4O7. The van der Waals surface area contributed by atoms with Crippen molar-refractivity contribution in [3.8, 4) is 5.75 Å². The largest absolute Gasteiger partial charge is 0.488 e. The second kappa shape index (κ2) is 13.4. The van der Waals surface area contributed by atoms with Gasteiger partial charge in [-0.15, -0.1) is 0 Å². The molecule has 1 saturated heterocycles. The van der Waals surface area contributed by atoms with E-state index in [1.807, 2.05) is 12.1 Å². The average Bonchev–Trinajstić information content (AvgIpc) is 3.60. The van der Waals surface area contributed by atoms with Crippen LogP contribution in [0.5, 0.6) is 5.75 Å². The van der Waals surface area contributed by atoms with Crippen molar-refractivity contribution in [3.63, 3.8) is 0 Å². The number of halogens is 1. The second-order valence-corrected chi connectivity index (χ2v) is 13.0. The summed E-state index contributed by atoms with van der Waals surface area (Å²) >= 11 is 3.42. The van der Waals surface area contributed by atoms with Crippen molar-refractivity contribution in [2.75, 3.05) is 6.54 Å². The van der Waals surface area contributed by atoms with E-state index in [0.29, 0.717) is 18.6 Å². The third-order valence-corrected chi connectivity index (χ3v) is 8.96. The minimum Gasteiger partial charge on any atom is -0.488 e. The first-order valence-corrected chi connectivity index (χ1v) is 15.5. The van der Waals surface area contributed by atoms with E-state index in [9.17, 15) is 29.1 Å². The van der Waals surface area contributed by atoms with Crippen molar-refractivity contribution in [1.29, 1.82) is 0 Å². The Morgan fingerprint density at radius 2 is 1.76 bits per heavy atom. The number of benzene rings is 1. The monoisotopic (exact) mass is 648 g/mol. The number of carbonyl (C=O) groups excluding carboxylic acids is 4. The first-order valence-electron chi connectivity index (χ1n) is 14.8. The maximum Gasteiger partial charge on any atom is 0.329 e. The molecule has 230 valence electrons. The quantitative estimate of drug-likeness (QED) is 0.288. The van der Waals surface area contributed by atoms with Crippen LogP contribution in [-0.2, 0) is 24.0 Å². The molecule has 0 aromatic heterocycles. The Morgan fingerprint density at radius 1 is 1.07 bits per heavy atom. The number of likely N-dealkylation sites (tertiary alicyclic amines) is 1. The molecule has 0 radical (unpaired) electrons. The summed E-state index contributed by atoms with van der Waals surface area (Å²) in [7, 11) is 0. The zero-order valence-electron chi connectivity index (χ0n) is 24.4. The number of hydrogen-bond acceptors (Lipinski definition) is 6. The lowest BCUT2D eigenvalue weighted by atomic mass is 9.83. The highest BCUT2D eigenvalue weighted by atomic mass is 79.9. The van der Waals surface area contributed by atoms with Crippen molar-refractivity contribution in [1.82, 2.24) is 20.9 Å². The van der Waals surface area contributed by atoms with Crippen LogP contribution in [0.15, 0.2) is 28.7 Å². The Bertz CT molecular complexity index is 1200. The number of aliphatic carboxylic acids is 1. The lowest BCUT2D eigenvalue weighted by molar-refractivity contribution is -0.146. The molecule has 12 heteroatoms. The highest BCUT2D eigenvalue weighted by Gasteiger charge is 2.54. The smallest absolute Gasteiger partial charge is 0.329 e. The van der Waals surface area contributed by atoms with Crippen LogP contribution in [0.2, 0.25) is 0 Å². The van der Waals surface area contributed by atoms with E-state index in [4.69, 9.17) is 4.74 Å². The summed E-state index contributed by atoms with van der Waals surface area (Å²) in [6.45, 7) is 5.07. The van der Waals surface area contributed by atoms with Crippen molar-refractivity contribution in [2.45, 2.75) is 102 Å². The minimum atomic E-state index is -1.31. The predicted molar refractivity (Wildman–Crippen MR) is 157 cm³/mol. The van der Waals surface area contributed by atoms with Gasteiger partial charge in [0.15, 0.2) is 0 Å². The number of carbonyl (C=O) groups is 5. The summed E-state index contributed by atoms with van der Waals surface area (Å²) in [6.07, 6.45) is 4.94. The van der Waals surface area contributed by atoms with Crippen molar-refractivity contribution in [2.24, 2.45) is 11.8 Å². The maximum atomic E-state index is 14.1. The van der Waals surface area contributed by atoms with Gasteiger partial charge in [0.1, 0.15) is 35.5 Å². The molecule has 3 aliphatic rings. The molecule has 4 N–H and O–H groups in total. The number of nitrogens with one attached hydrogen (secondary N) is 3. The van der Waals surface area contributed by atoms with E-state index in [2.05, 4.69) is 31.9 Å². The van der Waals surface area contributed by atoms with Gasteiger partial charge in [-0.1, -0.05) is 55.1 Å². The molecule has 0 bridgehead atoms. The topological polar surface area (TPSA) is 154 Å². The molecule has 42 heavy (non-hydrogen) atoms. The van der Waals surface area contributed by atoms with E-state index < -0.39 is 53.5 Å². The van der Waals surface area contributed by atoms with Gasteiger partial charge >= 0.3 is 5.97 Å². The Labute approximate surface area is 254 Å². The highest BCUT2D eigenvalue weighted by molar-refractivity contribution is 9.10. The number of ether oxygens (including phenoxy) is 1. The lowest BCUT2D eigenvalue weighted by Crippen LogP contribution is -2.60. The van der Waals surface area contributed by atoms with Crippen LogP contribution in [0.1, 0.15) is 72.1 Å². The van der Waals surface area contributed by atoms with E-state index in [1.165, 1.54) is 11.8 Å². The Kier molecular flexibility index (Phi) is 10.2. The molecule has 1 heterocycles. The molecule has 1 aromatic carbocycles. The normalized spacial score (nSPS) is 23.0. The molecule has 4 amide bonds. The van der Waals surface area contributed by atoms with Crippen LogP contribution in [0, 0.1) is 11.8 Å². The third kappa shape index (κ3) is 7.62. The Morgan fingerprint density at radius 3 is 2.33 bits per heavy atom. The summed E-state index contributed by atoms with van der Waals surface area (Å²) in [4.78, 5) is 66.3. The molecule has 2 saturated carbocycles. The van der Waals surface area contributed by atoms with Gasteiger partial charge in [0.2, 0.25) is 23.6 Å². The van der Waals surface area contributed by atoms with Gasteiger partial charge in [-0.2, -0.15) is 0 Å². The fourth-order valence-electron chi connectivity index (χ4n) is 5.96. The first-order chi connectivity index (χ1) is 19.9. The van der Waals surface area contributed by atoms with Gasteiger partial charge < -0.3 is 30.7 Å². The standard InChI is InChI=1S/C30H41BrN4O7/c1-17(2)24(33-27(38)25(32-18(3)36)19-8-5-4-6-9-19)28(39)35-16-22(42-21-11-7-10-20(31)14-21)15-23(35)26(37)34-30(12-13-30)29(40)41/h7,10-11,14,17,19,22-25H,4-6,8-9,12-13,15-16H2,1-3H3,(H,32,36)(H,33,38)(H,34,37)(H,40,41)/t22-,23+,24+,25+/m1/s1. The number of nitrogens with zero attached hydrogens (tertiary/aromatic N) is 1. The van der Waals surface area contributed by atoms with Crippen LogP contribution in [0.3, 0.4) is 0 Å². The number of carboxylic acids is 1. The number of carboxylic acid groups (broad SMARTS) is 1. The molecule has 4 atom stereocenters. The van der Waals surface area contributed by atoms with E-state index in [1.54, 1.807) is 26.0 Å². The molecule has 4 rings (SSSR count). The van der Waals surface area contributed by atoms with E-state index >= 15 is 0 Å². The summed E-state index contributed by atoms with van der Waals surface area (Å²) in [5.41, 5.74) is -1.31. The molecule has 1 aromatic rings. The van der Waals surface area contributed by atoms with E-state index in [0.717, 1.165) is 36.6 Å². The fraction of sp³-hybridized carbons (Fsp3) is 0.633. The van der Waals surface area contributed by atoms with Gasteiger partial charge in [0, 0.05) is 17.8 Å². The summed E-state index contributed by atoms with van der Waals surface area (Å²) in [5, 5.41) is 18.0. The second-order valence-electron chi connectivity index (χ2n) is 12.1. The van der Waals surface area contributed by atoms with Gasteiger partial charge in [-0.25, -0.2) is 4.79 Å². The summed E-state index contributed by atoms with van der Waals surface area (Å²) in [6, 6.07) is 4.53. The molecule has 1 aliphatic heterocycles. The number of amides is 4. The van der Waals surface area contributed by atoms with E-state index in [-0.39, 0.29) is 30.7 Å². The fourth-order valence-corrected chi connectivity index (χ4v) is 6.34. The van der Waals surface area contributed by atoms with Gasteiger partial charge in [-0.05, 0) is 55.7 Å². The highest BCUT2D eigenvalue weighted by Crippen LogP contribution is 2.36. The van der Waals surface area contributed by atoms with Crippen LogP contribution in [0.25, 0.3) is 0 Å². The molecule has 0 unspecified atom stereocenters. The number of rotatable bonds is 11. The van der Waals surface area contributed by atoms with Crippen LogP contribution in [0.4, 0.5) is 0 Å². The minimum absolute atomic E-state index is 0.0235. The Balaban J connectivity index is 1.55. The molecule has 11 nitrogen and oxygen atoms in total. The molecule has 2 aliphatic carbocycles. The lowest BCUT2D eigenvalue weighted by Gasteiger charge is -2.34. The predicted octanol–water partition coefficient (Wildman–Crippen LogP) is 2.76.